The number of benzene rings is 2. The van der Waals surface area contributed by atoms with Crippen LogP contribution in [0.3, 0.4) is 0 Å². The molecule has 0 saturated heterocycles. The van der Waals surface area contributed by atoms with Crippen LogP contribution in [-0.2, 0) is 0 Å². The molecule has 0 aromatic heterocycles. The summed E-state index contributed by atoms with van der Waals surface area (Å²) in [5.74, 6) is 0.495. The summed E-state index contributed by atoms with van der Waals surface area (Å²) in [6.07, 6.45) is 0. The van der Waals surface area contributed by atoms with Gasteiger partial charge < -0.3 is 10.1 Å². The standard InChI is InChI=1S/C14H11BrINO2/c1-19-11-4-2-3-9(7-11)14(18)17-13-6-5-10(16)8-12(13)15/h2-8H,1H3,(H,17,18). The Bertz CT molecular complexity index is 616. The van der Waals surface area contributed by atoms with E-state index >= 15 is 0 Å². The molecule has 0 aliphatic carbocycles. The summed E-state index contributed by atoms with van der Waals surface area (Å²) < 4.78 is 7.06. The lowest BCUT2D eigenvalue weighted by molar-refractivity contribution is 0.102. The average Bonchev–Trinajstić information content (AvgIpc) is 2.42. The first-order chi connectivity index (χ1) is 9.10. The minimum atomic E-state index is -0.166. The van der Waals surface area contributed by atoms with Gasteiger partial charge in [-0.2, -0.15) is 0 Å². The smallest absolute Gasteiger partial charge is 0.255 e. The van der Waals surface area contributed by atoms with Crippen LogP contribution < -0.4 is 10.1 Å². The fourth-order valence-electron chi connectivity index (χ4n) is 1.55. The second-order valence-electron chi connectivity index (χ2n) is 3.81. The lowest BCUT2D eigenvalue weighted by Gasteiger charge is -2.08. The van der Waals surface area contributed by atoms with Crippen molar-refractivity contribution in [1.82, 2.24) is 0 Å². The molecule has 0 aliphatic heterocycles. The molecule has 3 nitrogen and oxygen atoms in total. The van der Waals surface area contributed by atoms with Gasteiger partial charge in [-0.3, -0.25) is 4.79 Å². The van der Waals surface area contributed by atoms with Gasteiger partial charge in [0.15, 0.2) is 0 Å². The molecule has 0 spiro atoms. The average molecular weight is 432 g/mol. The first-order valence-electron chi connectivity index (χ1n) is 5.50. The predicted octanol–water partition coefficient (Wildman–Crippen LogP) is 4.31. The minimum Gasteiger partial charge on any atom is -0.497 e. The zero-order valence-electron chi connectivity index (χ0n) is 10.1. The van der Waals surface area contributed by atoms with E-state index in [1.165, 1.54) is 0 Å². The van der Waals surface area contributed by atoms with Crippen molar-refractivity contribution in [2.24, 2.45) is 0 Å². The van der Waals surface area contributed by atoms with E-state index in [0.29, 0.717) is 11.3 Å². The highest BCUT2D eigenvalue weighted by molar-refractivity contribution is 14.1. The summed E-state index contributed by atoms with van der Waals surface area (Å²) >= 11 is 5.65. The molecule has 0 unspecified atom stereocenters. The normalized spacial score (nSPS) is 10.1. The van der Waals surface area contributed by atoms with Crippen LogP contribution >= 0.6 is 38.5 Å². The number of hydrogen-bond acceptors (Lipinski definition) is 2. The van der Waals surface area contributed by atoms with E-state index in [9.17, 15) is 4.79 Å². The molecule has 19 heavy (non-hydrogen) atoms. The molecular formula is C14H11BrINO2. The molecule has 2 aromatic rings. The van der Waals surface area contributed by atoms with E-state index < -0.39 is 0 Å². The number of methoxy groups -OCH3 is 1. The van der Waals surface area contributed by atoms with Crippen molar-refractivity contribution >= 4 is 50.1 Å². The first kappa shape index (κ1) is 14.3. The van der Waals surface area contributed by atoms with Crippen LogP contribution in [0.4, 0.5) is 5.69 Å². The van der Waals surface area contributed by atoms with Gasteiger partial charge in [0, 0.05) is 13.6 Å². The third kappa shape index (κ3) is 3.70. The molecule has 1 N–H and O–H groups in total. The summed E-state index contributed by atoms with van der Waals surface area (Å²) in [4.78, 5) is 12.1. The Morgan fingerprint density at radius 1 is 1.26 bits per heavy atom. The van der Waals surface area contributed by atoms with Gasteiger partial charge in [-0.05, 0) is 74.9 Å². The Labute approximate surface area is 133 Å². The minimum absolute atomic E-state index is 0.166. The van der Waals surface area contributed by atoms with Crippen molar-refractivity contribution in [1.29, 1.82) is 0 Å². The highest BCUT2D eigenvalue weighted by Gasteiger charge is 2.09. The van der Waals surface area contributed by atoms with E-state index in [0.717, 1.165) is 13.7 Å². The number of hydrogen-bond donors (Lipinski definition) is 1. The fourth-order valence-corrected chi connectivity index (χ4v) is 2.95. The third-order valence-electron chi connectivity index (χ3n) is 2.51. The number of carbonyl (C=O) groups excluding carboxylic acids is 1. The Morgan fingerprint density at radius 2 is 2.05 bits per heavy atom. The largest absolute Gasteiger partial charge is 0.497 e. The molecule has 5 heteroatoms. The molecule has 0 fully saturated rings. The van der Waals surface area contributed by atoms with E-state index in [-0.39, 0.29) is 5.91 Å². The van der Waals surface area contributed by atoms with Crippen molar-refractivity contribution in [3.63, 3.8) is 0 Å². The molecule has 1 amide bonds. The fraction of sp³-hybridized carbons (Fsp3) is 0.0714. The summed E-state index contributed by atoms with van der Waals surface area (Å²) in [5.41, 5.74) is 1.30. The highest BCUT2D eigenvalue weighted by Crippen LogP contribution is 2.25. The lowest BCUT2D eigenvalue weighted by Crippen LogP contribution is -2.12. The molecule has 0 bridgehead atoms. The van der Waals surface area contributed by atoms with E-state index in [2.05, 4.69) is 43.8 Å². The maximum absolute atomic E-state index is 12.1. The molecule has 2 aromatic carbocycles. The molecule has 2 rings (SSSR count). The number of nitrogens with one attached hydrogen (secondary N) is 1. The molecule has 0 atom stereocenters. The van der Waals surface area contributed by atoms with Crippen molar-refractivity contribution in [2.75, 3.05) is 12.4 Å². The van der Waals surface area contributed by atoms with Gasteiger partial charge in [-0.1, -0.05) is 6.07 Å². The SMILES string of the molecule is COc1cccc(C(=O)Nc2ccc(I)cc2Br)c1. The summed E-state index contributed by atoms with van der Waals surface area (Å²) in [7, 11) is 1.58. The van der Waals surface area contributed by atoms with Crippen molar-refractivity contribution in [2.45, 2.75) is 0 Å². The van der Waals surface area contributed by atoms with Gasteiger partial charge >= 0.3 is 0 Å². The maximum atomic E-state index is 12.1. The zero-order valence-corrected chi connectivity index (χ0v) is 13.9. The highest BCUT2D eigenvalue weighted by atomic mass is 127. The van der Waals surface area contributed by atoms with Crippen LogP contribution in [0, 0.1) is 3.57 Å². The number of ether oxygens (including phenoxy) is 1. The summed E-state index contributed by atoms with van der Waals surface area (Å²) in [6, 6.07) is 12.8. The van der Waals surface area contributed by atoms with Crippen LogP contribution in [-0.4, -0.2) is 13.0 Å². The second kappa shape index (κ2) is 6.38. The van der Waals surface area contributed by atoms with Crippen LogP contribution in [0.5, 0.6) is 5.75 Å². The Hall–Kier alpha value is -1.08. The number of rotatable bonds is 3. The quantitative estimate of drug-likeness (QED) is 0.735. The van der Waals surface area contributed by atoms with Crippen LogP contribution in [0.2, 0.25) is 0 Å². The molecule has 0 radical (unpaired) electrons. The van der Waals surface area contributed by atoms with Gasteiger partial charge in [0.1, 0.15) is 5.75 Å². The topological polar surface area (TPSA) is 38.3 Å². The van der Waals surface area contributed by atoms with Gasteiger partial charge in [0.05, 0.1) is 12.8 Å². The van der Waals surface area contributed by atoms with E-state index in [4.69, 9.17) is 4.74 Å². The number of amides is 1. The van der Waals surface area contributed by atoms with Gasteiger partial charge in [-0.25, -0.2) is 0 Å². The Balaban J connectivity index is 2.20. The Morgan fingerprint density at radius 3 is 2.74 bits per heavy atom. The monoisotopic (exact) mass is 431 g/mol. The van der Waals surface area contributed by atoms with Crippen molar-refractivity contribution in [3.05, 3.63) is 56.1 Å². The predicted molar refractivity (Wildman–Crippen MR) is 87.8 cm³/mol. The number of carbonyl (C=O) groups is 1. The third-order valence-corrected chi connectivity index (χ3v) is 3.84. The molecule has 0 saturated carbocycles. The van der Waals surface area contributed by atoms with E-state index in [1.807, 2.05) is 18.2 Å². The number of anilines is 1. The molecule has 98 valence electrons. The van der Waals surface area contributed by atoms with E-state index in [1.54, 1.807) is 31.4 Å². The first-order valence-corrected chi connectivity index (χ1v) is 7.38. The maximum Gasteiger partial charge on any atom is 0.255 e. The van der Waals surface area contributed by atoms with Gasteiger partial charge in [0.2, 0.25) is 0 Å². The Kier molecular flexibility index (Phi) is 4.81. The lowest BCUT2D eigenvalue weighted by atomic mass is 10.2. The van der Waals surface area contributed by atoms with Crippen LogP contribution in [0.15, 0.2) is 46.9 Å². The van der Waals surface area contributed by atoms with Gasteiger partial charge in [-0.15, -0.1) is 0 Å². The summed E-state index contributed by atoms with van der Waals surface area (Å²) in [6.45, 7) is 0. The molecular weight excluding hydrogens is 421 g/mol. The molecule has 0 aliphatic rings. The van der Waals surface area contributed by atoms with Gasteiger partial charge in [0.25, 0.3) is 5.91 Å². The zero-order chi connectivity index (χ0) is 13.8. The van der Waals surface area contributed by atoms with Crippen LogP contribution in [0.1, 0.15) is 10.4 Å². The summed E-state index contributed by atoms with van der Waals surface area (Å²) in [5, 5.41) is 2.86. The van der Waals surface area contributed by atoms with Crippen molar-refractivity contribution in [3.8, 4) is 5.75 Å². The molecule has 0 heterocycles. The number of halogens is 2. The second-order valence-corrected chi connectivity index (χ2v) is 5.91. The van der Waals surface area contributed by atoms with Crippen LogP contribution in [0.25, 0.3) is 0 Å². The van der Waals surface area contributed by atoms with Crippen molar-refractivity contribution < 1.29 is 9.53 Å².